The van der Waals surface area contributed by atoms with Crippen LogP contribution in [0.2, 0.25) is 0 Å². The minimum atomic E-state index is -0.153. The predicted molar refractivity (Wildman–Crippen MR) is 57.8 cm³/mol. The SMILES string of the molecule is CCCC(=O)OCCOCCOC(C)C. The van der Waals surface area contributed by atoms with Gasteiger partial charge in [0, 0.05) is 6.42 Å². The molecule has 0 rings (SSSR count). The van der Waals surface area contributed by atoms with E-state index < -0.39 is 0 Å². The van der Waals surface area contributed by atoms with Gasteiger partial charge in [-0.15, -0.1) is 0 Å². The van der Waals surface area contributed by atoms with Crippen LogP contribution in [0.1, 0.15) is 33.6 Å². The molecule has 0 saturated heterocycles. The molecule has 0 atom stereocenters. The molecule has 0 heterocycles. The maximum absolute atomic E-state index is 10.9. The summed E-state index contributed by atoms with van der Waals surface area (Å²) in [4.78, 5) is 10.9. The van der Waals surface area contributed by atoms with Crippen LogP contribution >= 0.6 is 0 Å². The maximum Gasteiger partial charge on any atom is 0.305 e. The van der Waals surface area contributed by atoms with Crippen LogP contribution in [-0.2, 0) is 19.0 Å². The maximum atomic E-state index is 10.9. The van der Waals surface area contributed by atoms with Crippen LogP contribution in [0.3, 0.4) is 0 Å². The van der Waals surface area contributed by atoms with Crippen molar-refractivity contribution in [1.82, 2.24) is 0 Å². The lowest BCUT2D eigenvalue weighted by Gasteiger charge is -2.08. The van der Waals surface area contributed by atoms with Crippen LogP contribution < -0.4 is 0 Å². The molecule has 15 heavy (non-hydrogen) atoms. The first kappa shape index (κ1) is 14.4. The third-order valence-electron chi connectivity index (χ3n) is 1.62. The Labute approximate surface area is 91.9 Å². The van der Waals surface area contributed by atoms with Gasteiger partial charge in [-0.05, 0) is 20.3 Å². The van der Waals surface area contributed by atoms with Gasteiger partial charge >= 0.3 is 5.97 Å². The molecule has 0 fully saturated rings. The van der Waals surface area contributed by atoms with Gasteiger partial charge in [0.25, 0.3) is 0 Å². The average Bonchev–Trinajstić information content (AvgIpc) is 2.16. The summed E-state index contributed by atoms with van der Waals surface area (Å²) in [6.07, 6.45) is 1.54. The first-order valence-electron chi connectivity index (χ1n) is 5.51. The van der Waals surface area contributed by atoms with E-state index in [0.717, 1.165) is 6.42 Å². The van der Waals surface area contributed by atoms with Crippen molar-refractivity contribution in [1.29, 1.82) is 0 Å². The molecule has 0 aromatic heterocycles. The van der Waals surface area contributed by atoms with Crippen molar-refractivity contribution < 1.29 is 19.0 Å². The van der Waals surface area contributed by atoms with Crippen LogP contribution in [0.5, 0.6) is 0 Å². The van der Waals surface area contributed by atoms with Gasteiger partial charge < -0.3 is 14.2 Å². The van der Waals surface area contributed by atoms with Gasteiger partial charge in [0.1, 0.15) is 6.61 Å². The fourth-order valence-electron chi connectivity index (χ4n) is 0.936. The molecular formula is C11H22O4. The van der Waals surface area contributed by atoms with Crippen LogP contribution in [0.4, 0.5) is 0 Å². The van der Waals surface area contributed by atoms with Crippen LogP contribution in [0.25, 0.3) is 0 Å². The average molecular weight is 218 g/mol. The fourth-order valence-corrected chi connectivity index (χ4v) is 0.936. The molecule has 0 amide bonds. The van der Waals surface area contributed by atoms with Gasteiger partial charge in [0.2, 0.25) is 0 Å². The smallest absolute Gasteiger partial charge is 0.305 e. The zero-order valence-electron chi connectivity index (χ0n) is 9.95. The Morgan fingerprint density at radius 1 is 1.13 bits per heavy atom. The highest BCUT2D eigenvalue weighted by molar-refractivity contribution is 5.69. The van der Waals surface area contributed by atoms with Gasteiger partial charge in [-0.1, -0.05) is 6.92 Å². The zero-order chi connectivity index (χ0) is 11.5. The van der Waals surface area contributed by atoms with Gasteiger partial charge in [-0.2, -0.15) is 0 Å². The zero-order valence-corrected chi connectivity index (χ0v) is 9.95. The second kappa shape index (κ2) is 9.93. The molecule has 4 nitrogen and oxygen atoms in total. The van der Waals surface area contributed by atoms with Crippen molar-refractivity contribution in [2.45, 2.75) is 39.7 Å². The highest BCUT2D eigenvalue weighted by Crippen LogP contribution is 1.91. The molecule has 0 saturated carbocycles. The number of hydrogen-bond acceptors (Lipinski definition) is 4. The van der Waals surface area contributed by atoms with Crippen molar-refractivity contribution in [3.05, 3.63) is 0 Å². The van der Waals surface area contributed by atoms with E-state index in [1.165, 1.54) is 0 Å². The van der Waals surface area contributed by atoms with Gasteiger partial charge in [-0.3, -0.25) is 4.79 Å². The lowest BCUT2D eigenvalue weighted by Crippen LogP contribution is -2.14. The molecule has 0 unspecified atom stereocenters. The summed E-state index contributed by atoms with van der Waals surface area (Å²) in [6.45, 7) is 7.81. The summed E-state index contributed by atoms with van der Waals surface area (Å²) in [5.41, 5.74) is 0. The van der Waals surface area contributed by atoms with Gasteiger partial charge in [0.05, 0.1) is 25.9 Å². The Morgan fingerprint density at radius 2 is 1.80 bits per heavy atom. The van der Waals surface area contributed by atoms with E-state index in [4.69, 9.17) is 14.2 Å². The van der Waals surface area contributed by atoms with Crippen LogP contribution in [-0.4, -0.2) is 38.5 Å². The summed E-state index contributed by atoms with van der Waals surface area (Å²) in [6, 6.07) is 0. The summed E-state index contributed by atoms with van der Waals surface area (Å²) in [5.74, 6) is -0.153. The highest BCUT2D eigenvalue weighted by atomic mass is 16.6. The first-order chi connectivity index (χ1) is 7.16. The number of ether oxygens (including phenoxy) is 3. The van der Waals surface area contributed by atoms with Crippen molar-refractivity contribution >= 4 is 5.97 Å². The normalized spacial score (nSPS) is 10.7. The molecule has 0 spiro atoms. The van der Waals surface area contributed by atoms with E-state index in [1.54, 1.807) is 0 Å². The Morgan fingerprint density at radius 3 is 2.40 bits per heavy atom. The second-order valence-electron chi connectivity index (χ2n) is 3.50. The number of esters is 1. The second-order valence-corrected chi connectivity index (χ2v) is 3.50. The van der Waals surface area contributed by atoms with E-state index >= 15 is 0 Å². The third kappa shape index (κ3) is 11.3. The van der Waals surface area contributed by atoms with Crippen molar-refractivity contribution in [2.24, 2.45) is 0 Å². The molecule has 0 aromatic rings. The Bertz CT molecular complexity index is 157. The van der Waals surface area contributed by atoms with E-state index in [1.807, 2.05) is 20.8 Å². The Balaban J connectivity index is 3.08. The lowest BCUT2D eigenvalue weighted by molar-refractivity contribution is -0.145. The van der Waals surface area contributed by atoms with Crippen molar-refractivity contribution in [3.63, 3.8) is 0 Å². The number of rotatable bonds is 9. The van der Waals surface area contributed by atoms with Crippen molar-refractivity contribution in [2.75, 3.05) is 26.4 Å². The Kier molecular flexibility index (Phi) is 9.52. The topological polar surface area (TPSA) is 44.8 Å². The van der Waals surface area contributed by atoms with Gasteiger partial charge in [-0.25, -0.2) is 0 Å². The van der Waals surface area contributed by atoms with Gasteiger partial charge in [0.15, 0.2) is 0 Å². The fraction of sp³-hybridized carbons (Fsp3) is 0.909. The molecule has 0 aromatic carbocycles. The number of carbonyl (C=O) groups is 1. The van der Waals surface area contributed by atoms with Crippen LogP contribution in [0, 0.1) is 0 Å². The lowest BCUT2D eigenvalue weighted by atomic mass is 10.3. The van der Waals surface area contributed by atoms with E-state index in [0.29, 0.717) is 32.8 Å². The largest absolute Gasteiger partial charge is 0.463 e. The number of hydrogen-bond donors (Lipinski definition) is 0. The predicted octanol–water partition coefficient (Wildman–Crippen LogP) is 1.77. The van der Waals surface area contributed by atoms with E-state index in [2.05, 4.69) is 0 Å². The first-order valence-corrected chi connectivity index (χ1v) is 5.51. The van der Waals surface area contributed by atoms with E-state index in [-0.39, 0.29) is 12.1 Å². The summed E-state index contributed by atoms with van der Waals surface area (Å²) < 4.78 is 15.4. The quantitative estimate of drug-likeness (QED) is 0.437. The molecule has 90 valence electrons. The molecule has 0 aliphatic carbocycles. The monoisotopic (exact) mass is 218 g/mol. The highest BCUT2D eigenvalue weighted by Gasteiger charge is 1.99. The molecule has 4 heteroatoms. The third-order valence-corrected chi connectivity index (χ3v) is 1.62. The van der Waals surface area contributed by atoms with E-state index in [9.17, 15) is 4.79 Å². The summed E-state index contributed by atoms with van der Waals surface area (Å²) in [7, 11) is 0. The Hall–Kier alpha value is -0.610. The minimum absolute atomic E-state index is 0.153. The molecule has 0 N–H and O–H groups in total. The molecule has 0 bridgehead atoms. The molecule has 0 aliphatic rings. The molecule has 0 radical (unpaired) electrons. The molecule has 0 aliphatic heterocycles. The van der Waals surface area contributed by atoms with Crippen molar-refractivity contribution in [3.8, 4) is 0 Å². The summed E-state index contributed by atoms with van der Waals surface area (Å²) in [5, 5.41) is 0. The number of carbonyl (C=O) groups excluding carboxylic acids is 1. The minimum Gasteiger partial charge on any atom is -0.463 e. The standard InChI is InChI=1S/C11H22O4/c1-4-5-11(12)15-9-7-13-6-8-14-10(2)3/h10H,4-9H2,1-3H3. The summed E-state index contributed by atoms with van der Waals surface area (Å²) >= 11 is 0. The molecular weight excluding hydrogens is 196 g/mol. The van der Waals surface area contributed by atoms with Crippen LogP contribution in [0.15, 0.2) is 0 Å².